The molecule has 0 aliphatic rings. The predicted octanol–water partition coefficient (Wildman–Crippen LogP) is 5.48. The van der Waals surface area contributed by atoms with Crippen LogP contribution in [-0.2, 0) is 4.79 Å². The molecule has 0 radical (unpaired) electrons. The second-order valence-corrected chi connectivity index (χ2v) is 9.47. The summed E-state index contributed by atoms with van der Waals surface area (Å²) in [5, 5.41) is 15.7. The third kappa shape index (κ3) is 4.99. The normalized spacial score (nSPS) is 12.1. The van der Waals surface area contributed by atoms with Crippen LogP contribution in [-0.4, -0.2) is 38.2 Å². The van der Waals surface area contributed by atoms with E-state index in [2.05, 4.69) is 46.7 Å². The van der Waals surface area contributed by atoms with Crippen molar-refractivity contribution in [1.29, 1.82) is 0 Å². The van der Waals surface area contributed by atoms with Crippen LogP contribution in [0.25, 0.3) is 17.1 Å². The van der Waals surface area contributed by atoms with Crippen molar-refractivity contribution in [2.75, 3.05) is 12.4 Å². The number of thioether (sulfide) groups is 1. The highest BCUT2D eigenvalue weighted by Crippen LogP contribution is 2.34. The molecule has 1 unspecified atom stereocenters. The Balaban J connectivity index is 1.72. The SMILES string of the molecule is COc1ccc(-c2nnc(SC(C)C(=O)Nc3cc(C)no3)n2-c2ccccc2C(C)C)cc1. The first-order valence-electron chi connectivity index (χ1n) is 11.0. The molecule has 9 heteroatoms. The van der Waals surface area contributed by atoms with Crippen molar-refractivity contribution >= 4 is 23.6 Å². The highest BCUT2D eigenvalue weighted by Gasteiger charge is 2.24. The molecule has 0 aliphatic heterocycles. The number of anilines is 1. The Labute approximate surface area is 202 Å². The van der Waals surface area contributed by atoms with Gasteiger partial charge >= 0.3 is 0 Å². The number of carbonyl (C=O) groups is 1. The van der Waals surface area contributed by atoms with Crippen molar-refractivity contribution in [3.05, 3.63) is 65.9 Å². The van der Waals surface area contributed by atoms with Gasteiger partial charge in [0.05, 0.1) is 23.7 Å². The number of nitrogens with one attached hydrogen (secondary N) is 1. The van der Waals surface area contributed by atoms with Gasteiger partial charge in [0.15, 0.2) is 11.0 Å². The minimum absolute atomic E-state index is 0.209. The standard InChI is InChI=1S/C25H27N5O3S/c1-15(2)20-8-6-7-9-21(20)30-23(18-10-12-19(32-5)13-11-18)27-28-25(30)34-17(4)24(31)26-22-14-16(3)29-33-22/h6-15,17H,1-5H3,(H,26,31). The molecule has 0 aliphatic carbocycles. The molecule has 2 aromatic heterocycles. The van der Waals surface area contributed by atoms with E-state index < -0.39 is 5.25 Å². The van der Waals surface area contributed by atoms with Gasteiger partial charge in [-0.25, -0.2) is 0 Å². The molecule has 0 saturated carbocycles. The Hall–Kier alpha value is -3.59. The molecule has 1 atom stereocenters. The predicted molar refractivity (Wildman–Crippen MR) is 133 cm³/mol. The molecular weight excluding hydrogens is 450 g/mol. The van der Waals surface area contributed by atoms with Crippen LogP contribution in [0.1, 0.15) is 37.9 Å². The minimum Gasteiger partial charge on any atom is -0.497 e. The van der Waals surface area contributed by atoms with Crippen molar-refractivity contribution in [3.63, 3.8) is 0 Å². The first-order chi connectivity index (χ1) is 16.4. The van der Waals surface area contributed by atoms with Crippen molar-refractivity contribution in [2.45, 2.75) is 44.0 Å². The molecule has 4 rings (SSSR count). The second kappa shape index (κ2) is 10.1. The van der Waals surface area contributed by atoms with Crippen molar-refractivity contribution < 1.29 is 14.1 Å². The molecule has 2 heterocycles. The van der Waals surface area contributed by atoms with Crippen molar-refractivity contribution in [1.82, 2.24) is 19.9 Å². The summed E-state index contributed by atoms with van der Waals surface area (Å²) in [7, 11) is 1.64. The monoisotopic (exact) mass is 477 g/mol. The number of ether oxygens (including phenoxy) is 1. The Morgan fingerprint density at radius 3 is 2.47 bits per heavy atom. The number of nitrogens with zero attached hydrogens (tertiary/aromatic N) is 4. The largest absolute Gasteiger partial charge is 0.497 e. The van der Waals surface area contributed by atoms with E-state index in [0.29, 0.717) is 22.6 Å². The fraction of sp³-hybridized carbons (Fsp3) is 0.280. The van der Waals surface area contributed by atoms with E-state index in [1.165, 1.54) is 11.8 Å². The maximum Gasteiger partial charge on any atom is 0.240 e. The third-order valence-electron chi connectivity index (χ3n) is 5.31. The van der Waals surface area contributed by atoms with Crippen LogP contribution in [0.5, 0.6) is 5.75 Å². The van der Waals surface area contributed by atoms with Crippen molar-refractivity contribution in [2.24, 2.45) is 0 Å². The number of para-hydroxylation sites is 1. The molecule has 2 aromatic carbocycles. The maximum atomic E-state index is 12.8. The average molecular weight is 478 g/mol. The van der Waals surface area contributed by atoms with E-state index in [1.54, 1.807) is 20.1 Å². The van der Waals surface area contributed by atoms with E-state index in [9.17, 15) is 4.79 Å². The van der Waals surface area contributed by atoms with Gasteiger partial charge in [0.2, 0.25) is 11.8 Å². The summed E-state index contributed by atoms with van der Waals surface area (Å²) in [6.07, 6.45) is 0. The van der Waals surface area contributed by atoms with E-state index in [-0.39, 0.29) is 11.8 Å². The van der Waals surface area contributed by atoms with Gasteiger partial charge in [-0.05, 0) is 55.7 Å². The summed E-state index contributed by atoms with van der Waals surface area (Å²) in [6.45, 7) is 7.92. The molecular formula is C25H27N5O3S. The van der Waals surface area contributed by atoms with Gasteiger partial charge in [0.25, 0.3) is 0 Å². The molecule has 0 fully saturated rings. The summed E-state index contributed by atoms with van der Waals surface area (Å²) < 4.78 is 12.4. The number of carbonyl (C=O) groups excluding carboxylic acids is 1. The van der Waals surface area contributed by atoms with Crippen LogP contribution in [0.4, 0.5) is 5.88 Å². The first-order valence-corrected chi connectivity index (χ1v) is 11.8. The van der Waals surface area contributed by atoms with Crippen LogP contribution in [0.15, 0.2) is 64.3 Å². The molecule has 0 spiro atoms. The molecule has 176 valence electrons. The summed E-state index contributed by atoms with van der Waals surface area (Å²) in [4.78, 5) is 12.8. The van der Waals surface area contributed by atoms with Crippen LogP contribution in [0, 0.1) is 6.92 Å². The topological polar surface area (TPSA) is 95.1 Å². The van der Waals surface area contributed by atoms with Crippen LogP contribution >= 0.6 is 11.8 Å². The number of aromatic nitrogens is 4. The quantitative estimate of drug-likeness (QED) is 0.336. The van der Waals surface area contributed by atoms with E-state index >= 15 is 0 Å². The van der Waals surface area contributed by atoms with Gasteiger partial charge in [-0.15, -0.1) is 10.2 Å². The zero-order valence-corrected chi connectivity index (χ0v) is 20.6. The number of rotatable bonds is 8. The number of aryl methyl sites for hydroxylation is 1. The molecule has 0 saturated heterocycles. The summed E-state index contributed by atoms with van der Waals surface area (Å²) in [5.74, 6) is 1.85. The summed E-state index contributed by atoms with van der Waals surface area (Å²) in [6, 6.07) is 17.6. The fourth-order valence-electron chi connectivity index (χ4n) is 3.53. The lowest BCUT2D eigenvalue weighted by Gasteiger charge is -2.18. The Bertz CT molecular complexity index is 1280. The lowest BCUT2D eigenvalue weighted by Crippen LogP contribution is -2.22. The second-order valence-electron chi connectivity index (χ2n) is 8.17. The summed E-state index contributed by atoms with van der Waals surface area (Å²) in [5.41, 5.74) is 3.74. The van der Waals surface area contributed by atoms with Gasteiger partial charge in [-0.1, -0.05) is 49.0 Å². The molecule has 4 aromatic rings. The number of benzene rings is 2. The number of amides is 1. The van der Waals surface area contributed by atoms with E-state index in [0.717, 1.165) is 22.6 Å². The summed E-state index contributed by atoms with van der Waals surface area (Å²) >= 11 is 1.33. The maximum absolute atomic E-state index is 12.8. The van der Waals surface area contributed by atoms with Crippen LogP contribution < -0.4 is 10.1 Å². The molecule has 8 nitrogen and oxygen atoms in total. The molecule has 1 amide bonds. The van der Waals surface area contributed by atoms with Gasteiger partial charge in [0, 0.05) is 11.6 Å². The van der Waals surface area contributed by atoms with Gasteiger partial charge < -0.3 is 9.26 Å². The highest BCUT2D eigenvalue weighted by molar-refractivity contribution is 8.00. The van der Waals surface area contributed by atoms with Crippen LogP contribution in [0.3, 0.4) is 0 Å². The molecule has 34 heavy (non-hydrogen) atoms. The Morgan fingerprint density at radius 2 is 1.82 bits per heavy atom. The van der Waals surface area contributed by atoms with E-state index in [4.69, 9.17) is 9.26 Å². The van der Waals surface area contributed by atoms with E-state index in [1.807, 2.05) is 47.9 Å². The molecule has 0 bridgehead atoms. The zero-order chi connectivity index (χ0) is 24.2. The number of methoxy groups -OCH3 is 1. The zero-order valence-electron chi connectivity index (χ0n) is 19.8. The average Bonchev–Trinajstić information content (AvgIpc) is 3.44. The highest BCUT2D eigenvalue weighted by atomic mass is 32.2. The van der Waals surface area contributed by atoms with Gasteiger partial charge in [-0.2, -0.15) is 0 Å². The Morgan fingerprint density at radius 1 is 1.09 bits per heavy atom. The lowest BCUT2D eigenvalue weighted by atomic mass is 10.0. The Kier molecular flexibility index (Phi) is 7.02. The number of hydrogen-bond acceptors (Lipinski definition) is 7. The van der Waals surface area contributed by atoms with Gasteiger partial charge in [0.1, 0.15) is 5.75 Å². The van der Waals surface area contributed by atoms with Crippen LogP contribution in [0.2, 0.25) is 0 Å². The molecule has 1 N–H and O–H groups in total. The first kappa shape index (κ1) is 23.6. The number of hydrogen-bond donors (Lipinski definition) is 1. The lowest BCUT2D eigenvalue weighted by molar-refractivity contribution is -0.115. The van der Waals surface area contributed by atoms with Gasteiger partial charge in [-0.3, -0.25) is 14.7 Å². The fourth-order valence-corrected chi connectivity index (χ4v) is 4.39. The minimum atomic E-state index is -0.455. The third-order valence-corrected chi connectivity index (χ3v) is 6.35. The smallest absolute Gasteiger partial charge is 0.240 e. The van der Waals surface area contributed by atoms with Crippen molar-refractivity contribution in [3.8, 4) is 22.8 Å².